The van der Waals surface area contributed by atoms with Crippen LogP contribution in [0.1, 0.15) is 29.6 Å². The van der Waals surface area contributed by atoms with Gasteiger partial charge in [-0.2, -0.15) is 4.98 Å². The van der Waals surface area contributed by atoms with E-state index in [1.807, 2.05) is 12.1 Å². The third-order valence-corrected chi connectivity index (χ3v) is 8.04. The average Bonchev–Trinajstić information content (AvgIpc) is 3.52. The fourth-order valence-electron chi connectivity index (χ4n) is 5.32. The molecule has 0 aliphatic carbocycles. The van der Waals surface area contributed by atoms with E-state index in [0.717, 1.165) is 44.6 Å². The minimum Gasteiger partial charge on any atom is -0.494 e. The van der Waals surface area contributed by atoms with Gasteiger partial charge >= 0.3 is 0 Å². The van der Waals surface area contributed by atoms with Crippen LogP contribution >= 0.6 is 11.6 Å². The summed E-state index contributed by atoms with van der Waals surface area (Å²) in [6, 6.07) is 13.3. The van der Waals surface area contributed by atoms with E-state index in [4.69, 9.17) is 16.3 Å². The molecule has 1 atom stereocenters. The van der Waals surface area contributed by atoms with Crippen molar-refractivity contribution in [2.45, 2.75) is 31.3 Å². The lowest BCUT2D eigenvalue weighted by Crippen LogP contribution is -2.41. The number of para-hydroxylation sites is 1. The second kappa shape index (κ2) is 13.4. The van der Waals surface area contributed by atoms with Crippen LogP contribution in [0.3, 0.4) is 0 Å². The Kier molecular flexibility index (Phi) is 9.41. The summed E-state index contributed by atoms with van der Waals surface area (Å²) in [4.78, 5) is 39.2. The molecule has 12 heteroatoms. The van der Waals surface area contributed by atoms with Crippen molar-refractivity contribution in [1.82, 2.24) is 25.5 Å². The van der Waals surface area contributed by atoms with Gasteiger partial charge in [-0.1, -0.05) is 23.7 Å². The van der Waals surface area contributed by atoms with Gasteiger partial charge in [0.25, 0.3) is 11.7 Å². The zero-order valence-corrected chi connectivity index (χ0v) is 24.9. The number of ether oxygens (including phenoxy) is 1. The largest absolute Gasteiger partial charge is 0.494 e. The van der Waals surface area contributed by atoms with Gasteiger partial charge in [-0.15, -0.1) is 0 Å². The first-order valence-corrected chi connectivity index (χ1v) is 14.5. The number of nitrogens with zero attached hydrogens (tertiary/aromatic N) is 4. The number of carbonyl (C=O) groups excluding carboxylic acids is 2. The maximum atomic E-state index is 13.0. The van der Waals surface area contributed by atoms with Gasteiger partial charge in [-0.3, -0.25) is 9.59 Å². The zero-order chi connectivity index (χ0) is 29.6. The predicted molar refractivity (Wildman–Crippen MR) is 166 cm³/mol. The topological polar surface area (TPSA) is 124 Å². The van der Waals surface area contributed by atoms with E-state index in [0.29, 0.717) is 29.7 Å². The SMILES string of the molecule is COc1cc(N2CCC(N(C)C)CC2)ccc1Nc1ncc(Cl)c(Nc2ccccc2C(=O)C(=O)NC2CCNC2)n1. The van der Waals surface area contributed by atoms with Crippen molar-refractivity contribution < 1.29 is 14.3 Å². The second-order valence-electron chi connectivity index (χ2n) is 10.7. The molecule has 0 radical (unpaired) electrons. The number of Topliss-reactive ketones (excluding diaryl/α,β-unsaturated/α-hetero) is 1. The molecule has 0 bridgehead atoms. The highest BCUT2D eigenvalue weighted by Crippen LogP contribution is 2.34. The predicted octanol–water partition coefficient (Wildman–Crippen LogP) is 3.82. The summed E-state index contributed by atoms with van der Waals surface area (Å²) >= 11 is 6.43. The zero-order valence-electron chi connectivity index (χ0n) is 24.1. The van der Waals surface area contributed by atoms with Gasteiger partial charge in [-0.25, -0.2) is 4.98 Å². The highest BCUT2D eigenvalue weighted by molar-refractivity contribution is 6.44. The fourth-order valence-corrected chi connectivity index (χ4v) is 5.46. The van der Waals surface area contributed by atoms with E-state index in [1.165, 1.54) is 6.20 Å². The number of aromatic nitrogens is 2. The van der Waals surface area contributed by atoms with Crippen LogP contribution in [0.15, 0.2) is 48.7 Å². The Morgan fingerprint density at radius 3 is 2.57 bits per heavy atom. The van der Waals surface area contributed by atoms with Gasteiger partial charge < -0.3 is 35.8 Å². The Bertz CT molecular complexity index is 1420. The second-order valence-corrected chi connectivity index (χ2v) is 11.2. The quantitative estimate of drug-likeness (QED) is 0.204. The maximum Gasteiger partial charge on any atom is 0.292 e. The monoisotopic (exact) mass is 592 g/mol. The lowest BCUT2D eigenvalue weighted by atomic mass is 10.0. The van der Waals surface area contributed by atoms with E-state index >= 15 is 0 Å². The molecule has 1 aromatic heterocycles. The number of methoxy groups -OCH3 is 1. The van der Waals surface area contributed by atoms with Crippen molar-refractivity contribution in [3.63, 3.8) is 0 Å². The van der Waals surface area contributed by atoms with Gasteiger partial charge in [0.2, 0.25) is 5.95 Å². The first-order chi connectivity index (χ1) is 20.3. The van der Waals surface area contributed by atoms with Crippen LogP contribution in [-0.2, 0) is 4.79 Å². The smallest absolute Gasteiger partial charge is 0.292 e. The van der Waals surface area contributed by atoms with E-state index in [2.05, 4.69) is 61.2 Å². The van der Waals surface area contributed by atoms with Crippen LogP contribution in [0.2, 0.25) is 5.02 Å². The highest BCUT2D eigenvalue weighted by Gasteiger charge is 2.25. The summed E-state index contributed by atoms with van der Waals surface area (Å²) < 4.78 is 5.70. The lowest BCUT2D eigenvalue weighted by molar-refractivity contribution is -0.117. The van der Waals surface area contributed by atoms with E-state index in [9.17, 15) is 9.59 Å². The standard InChI is InChI=1S/C30H37ClN8O3/c1-38(2)20-11-14-39(15-12-20)21-8-9-25(26(16-21)42-3)36-30-33-18-23(31)28(37-30)35-24-7-5-4-6-22(24)27(40)29(41)34-19-10-13-32-17-19/h4-9,16,18-20,32H,10-15,17H2,1-3H3,(H,34,41)(H2,33,35,36,37). The normalized spacial score (nSPS) is 17.3. The number of carbonyl (C=O) groups is 2. The number of hydrogen-bond acceptors (Lipinski definition) is 10. The Morgan fingerprint density at radius 2 is 1.86 bits per heavy atom. The summed E-state index contributed by atoms with van der Waals surface area (Å²) in [5.41, 5.74) is 2.43. The molecule has 2 aliphatic rings. The van der Waals surface area contributed by atoms with Gasteiger partial charge in [0.15, 0.2) is 5.82 Å². The molecule has 1 amide bonds. The number of hydrogen-bond donors (Lipinski definition) is 4. The molecule has 4 N–H and O–H groups in total. The van der Waals surface area contributed by atoms with Gasteiger partial charge in [0, 0.05) is 43.5 Å². The van der Waals surface area contributed by atoms with Crippen LogP contribution in [-0.4, -0.2) is 86.0 Å². The Labute approximate surface area is 251 Å². The maximum absolute atomic E-state index is 13.0. The number of amides is 1. The van der Waals surface area contributed by atoms with E-state index in [-0.39, 0.29) is 28.4 Å². The number of nitrogens with one attached hydrogen (secondary N) is 4. The van der Waals surface area contributed by atoms with Crippen molar-refractivity contribution in [3.05, 3.63) is 59.2 Å². The Balaban J connectivity index is 1.30. The summed E-state index contributed by atoms with van der Waals surface area (Å²) in [5.74, 6) is -0.0464. The first-order valence-electron chi connectivity index (χ1n) is 14.1. The van der Waals surface area contributed by atoms with Crippen molar-refractivity contribution in [2.75, 3.05) is 62.9 Å². The number of rotatable bonds is 10. The van der Waals surface area contributed by atoms with Gasteiger partial charge in [0.05, 0.1) is 30.2 Å². The number of ketones is 1. The van der Waals surface area contributed by atoms with Crippen molar-refractivity contribution in [3.8, 4) is 5.75 Å². The molecular weight excluding hydrogens is 556 g/mol. The average molecular weight is 593 g/mol. The molecule has 2 aromatic carbocycles. The summed E-state index contributed by atoms with van der Waals surface area (Å²) in [6.45, 7) is 3.43. The number of benzene rings is 2. The molecule has 0 saturated carbocycles. The molecule has 3 aromatic rings. The van der Waals surface area contributed by atoms with Crippen LogP contribution in [0.25, 0.3) is 0 Å². The van der Waals surface area contributed by atoms with E-state index < -0.39 is 11.7 Å². The number of anilines is 5. The lowest BCUT2D eigenvalue weighted by Gasteiger charge is -2.36. The summed E-state index contributed by atoms with van der Waals surface area (Å²) in [7, 11) is 5.90. The third kappa shape index (κ3) is 6.92. The molecule has 2 saturated heterocycles. The number of piperidine rings is 1. The number of halogens is 1. The molecule has 2 aliphatic heterocycles. The van der Waals surface area contributed by atoms with Crippen LogP contribution in [0, 0.1) is 0 Å². The molecule has 1 unspecified atom stereocenters. The fraction of sp³-hybridized carbons (Fsp3) is 0.400. The molecule has 3 heterocycles. The van der Waals surface area contributed by atoms with Crippen molar-refractivity contribution >= 4 is 52.1 Å². The van der Waals surface area contributed by atoms with Crippen LogP contribution < -0.4 is 30.9 Å². The Hall–Kier alpha value is -3.93. The van der Waals surface area contributed by atoms with Gasteiger partial charge in [0.1, 0.15) is 10.8 Å². The van der Waals surface area contributed by atoms with Crippen molar-refractivity contribution in [2.24, 2.45) is 0 Å². The first kappa shape index (κ1) is 29.6. The minimum absolute atomic E-state index is 0.0622. The summed E-state index contributed by atoms with van der Waals surface area (Å²) in [5, 5.41) is 12.6. The third-order valence-electron chi connectivity index (χ3n) is 7.76. The molecule has 0 spiro atoms. The van der Waals surface area contributed by atoms with Crippen LogP contribution in [0.5, 0.6) is 5.75 Å². The molecule has 11 nitrogen and oxygen atoms in total. The van der Waals surface area contributed by atoms with Gasteiger partial charge in [-0.05, 0) is 64.2 Å². The van der Waals surface area contributed by atoms with Crippen molar-refractivity contribution in [1.29, 1.82) is 0 Å². The molecular formula is C30H37ClN8O3. The molecule has 222 valence electrons. The minimum atomic E-state index is -0.647. The summed E-state index contributed by atoms with van der Waals surface area (Å²) in [6.07, 6.45) is 4.48. The highest BCUT2D eigenvalue weighted by atomic mass is 35.5. The van der Waals surface area contributed by atoms with E-state index in [1.54, 1.807) is 31.4 Å². The molecule has 42 heavy (non-hydrogen) atoms. The Morgan fingerprint density at radius 1 is 1.07 bits per heavy atom. The van der Waals surface area contributed by atoms with Crippen LogP contribution in [0.4, 0.5) is 28.8 Å². The molecule has 2 fully saturated rings. The molecule has 5 rings (SSSR count).